The van der Waals surface area contributed by atoms with E-state index in [-0.39, 0.29) is 29.0 Å². The maximum absolute atomic E-state index is 16.5. The number of ether oxygens (including phenoxy) is 1. The summed E-state index contributed by atoms with van der Waals surface area (Å²) in [6.45, 7) is 6.06. The lowest BCUT2D eigenvalue weighted by atomic mass is 10.0. The summed E-state index contributed by atoms with van der Waals surface area (Å²) in [6, 6.07) is 11.9. The van der Waals surface area contributed by atoms with Gasteiger partial charge in [0, 0.05) is 61.8 Å². The SMILES string of the molecule is CC(C)n1ccnc1CCOc1nc(N2CC3CCC(C2)N3)c2cnc(-c3cc(O)cc4ccccc34)c(F)c2n1. The van der Waals surface area contributed by atoms with E-state index >= 15 is 4.39 Å². The van der Waals surface area contributed by atoms with Crippen molar-refractivity contribution in [2.45, 2.75) is 51.2 Å². The molecule has 2 aliphatic heterocycles. The molecule has 0 spiro atoms. The standard InChI is InChI=1S/C31H32FN7O2/c1-18(2)39-11-10-33-26(39)9-12-41-31-36-29-25(30(37-31)38-16-20-7-8-21(17-38)35-20)15-34-28(27(29)32)24-14-22(40)13-19-5-3-4-6-23(19)24/h3-6,10-11,13-15,18,20-21,35,40H,7-9,12,16-17H2,1-2H3. The quantitative estimate of drug-likeness (QED) is 0.290. The van der Waals surface area contributed by atoms with E-state index in [4.69, 9.17) is 9.72 Å². The van der Waals surface area contributed by atoms with E-state index in [1.165, 1.54) is 0 Å². The number of nitrogens with zero attached hydrogens (tertiary/aromatic N) is 6. The van der Waals surface area contributed by atoms with Gasteiger partial charge in [-0.05, 0) is 49.6 Å². The number of fused-ring (bicyclic) bond motifs is 4. The van der Waals surface area contributed by atoms with Crippen molar-refractivity contribution in [1.82, 2.24) is 29.8 Å². The highest BCUT2D eigenvalue weighted by atomic mass is 19.1. The summed E-state index contributed by atoms with van der Waals surface area (Å²) in [5, 5.41) is 16.2. The molecule has 2 unspecified atom stereocenters. The van der Waals surface area contributed by atoms with Gasteiger partial charge in [0.25, 0.3) is 0 Å². The van der Waals surface area contributed by atoms with E-state index < -0.39 is 5.82 Å². The number of nitrogens with one attached hydrogen (secondary N) is 1. The molecule has 2 fully saturated rings. The number of halogens is 1. The van der Waals surface area contributed by atoms with Crippen LogP contribution in [0.5, 0.6) is 11.8 Å². The molecule has 2 aliphatic rings. The predicted molar refractivity (Wildman–Crippen MR) is 156 cm³/mol. The van der Waals surface area contributed by atoms with Gasteiger partial charge in [-0.3, -0.25) is 4.98 Å². The highest BCUT2D eigenvalue weighted by Gasteiger charge is 2.34. The molecule has 0 radical (unpaired) electrons. The van der Waals surface area contributed by atoms with Crippen LogP contribution in [0.25, 0.3) is 32.9 Å². The van der Waals surface area contributed by atoms with Crippen LogP contribution in [0.3, 0.4) is 0 Å². The number of hydrogen-bond donors (Lipinski definition) is 2. The van der Waals surface area contributed by atoms with Crippen molar-refractivity contribution in [1.29, 1.82) is 0 Å². The second kappa shape index (κ2) is 10.3. The number of piperazine rings is 1. The predicted octanol–water partition coefficient (Wildman–Crippen LogP) is 5.03. The van der Waals surface area contributed by atoms with Crippen LogP contribution < -0.4 is 15.0 Å². The number of aromatic hydroxyl groups is 1. The Morgan fingerprint density at radius 3 is 2.68 bits per heavy atom. The van der Waals surface area contributed by atoms with Gasteiger partial charge in [0.1, 0.15) is 28.6 Å². The van der Waals surface area contributed by atoms with Crippen molar-refractivity contribution >= 4 is 27.5 Å². The van der Waals surface area contributed by atoms with Crippen LogP contribution in [-0.4, -0.2) is 61.4 Å². The van der Waals surface area contributed by atoms with Gasteiger partial charge in [-0.25, -0.2) is 9.37 Å². The highest BCUT2D eigenvalue weighted by molar-refractivity contribution is 5.99. The molecule has 0 amide bonds. The highest BCUT2D eigenvalue weighted by Crippen LogP contribution is 2.37. The smallest absolute Gasteiger partial charge is 0.319 e. The lowest BCUT2D eigenvalue weighted by Crippen LogP contribution is -2.51. The fourth-order valence-electron chi connectivity index (χ4n) is 6.22. The molecule has 2 aromatic carbocycles. The Morgan fingerprint density at radius 2 is 1.88 bits per heavy atom. The van der Waals surface area contributed by atoms with Crippen LogP contribution in [0, 0.1) is 5.82 Å². The van der Waals surface area contributed by atoms with Crippen molar-refractivity contribution < 1.29 is 14.2 Å². The molecule has 2 bridgehead atoms. The average Bonchev–Trinajstić information content (AvgIpc) is 3.58. The molecule has 2 saturated heterocycles. The van der Waals surface area contributed by atoms with Gasteiger partial charge in [-0.2, -0.15) is 9.97 Å². The van der Waals surface area contributed by atoms with Gasteiger partial charge >= 0.3 is 6.01 Å². The summed E-state index contributed by atoms with van der Waals surface area (Å²) < 4.78 is 24.6. The fourth-order valence-corrected chi connectivity index (χ4v) is 6.22. The number of hydrogen-bond acceptors (Lipinski definition) is 8. The summed E-state index contributed by atoms with van der Waals surface area (Å²) in [5.41, 5.74) is 0.778. The first-order chi connectivity index (χ1) is 19.9. The first kappa shape index (κ1) is 25.6. The van der Waals surface area contributed by atoms with Crippen LogP contribution in [-0.2, 0) is 6.42 Å². The van der Waals surface area contributed by atoms with Crippen LogP contribution in [0.1, 0.15) is 38.6 Å². The molecule has 5 heterocycles. The minimum Gasteiger partial charge on any atom is -0.508 e. The maximum atomic E-state index is 16.5. The number of anilines is 1. The molecule has 10 heteroatoms. The summed E-state index contributed by atoms with van der Waals surface area (Å²) >= 11 is 0. The molecular formula is C31H32FN7O2. The van der Waals surface area contributed by atoms with E-state index in [1.54, 1.807) is 24.5 Å². The number of pyridine rings is 1. The van der Waals surface area contributed by atoms with Gasteiger partial charge in [0.2, 0.25) is 0 Å². The van der Waals surface area contributed by atoms with Crippen molar-refractivity contribution in [2.24, 2.45) is 0 Å². The number of rotatable bonds is 7. The Kier molecular flexibility index (Phi) is 6.42. The zero-order valence-corrected chi connectivity index (χ0v) is 23.1. The van der Waals surface area contributed by atoms with Crippen LogP contribution in [0.2, 0.25) is 0 Å². The monoisotopic (exact) mass is 553 g/mol. The van der Waals surface area contributed by atoms with E-state index in [0.717, 1.165) is 42.5 Å². The van der Waals surface area contributed by atoms with Gasteiger partial charge in [-0.1, -0.05) is 24.3 Å². The van der Waals surface area contributed by atoms with Gasteiger partial charge in [0.15, 0.2) is 5.82 Å². The third-order valence-corrected chi connectivity index (χ3v) is 8.12. The van der Waals surface area contributed by atoms with Gasteiger partial charge in [0.05, 0.1) is 12.0 Å². The van der Waals surface area contributed by atoms with E-state index in [0.29, 0.717) is 41.9 Å². The molecule has 41 heavy (non-hydrogen) atoms. The lowest BCUT2D eigenvalue weighted by molar-refractivity contribution is 0.292. The molecule has 3 aromatic heterocycles. The topological polar surface area (TPSA) is 101 Å². The van der Waals surface area contributed by atoms with Crippen molar-refractivity contribution in [3.8, 4) is 23.0 Å². The lowest BCUT2D eigenvalue weighted by Gasteiger charge is -2.34. The molecule has 0 aliphatic carbocycles. The van der Waals surface area contributed by atoms with Gasteiger partial charge in [-0.15, -0.1) is 0 Å². The third kappa shape index (κ3) is 4.72. The number of imidazole rings is 1. The summed E-state index contributed by atoms with van der Waals surface area (Å²) in [7, 11) is 0. The second-order valence-corrected chi connectivity index (χ2v) is 11.2. The minimum atomic E-state index is -0.569. The second-order valence-electron chi connectivity index (χ2n) is 11.2. The molecule has 2 N–H and O–H groups in total. The number of benzene rings is 2. The zero-order valence-electron chi connectivity index (χ0n) is 23.1. The molecule has 210 valence electrons. The van der Waals surface area contributed by atoms with Crippen LogP contribution in [0.15, 0.2) is 55.0 Å². The Morgan fingerprint density at radius 1 is 1.07 bits per heavy atom. The molecular weight excluding hydrogens is 521 g/mol. The molecule has 7 rings (SSSR count). The Labute approximate surface area is 237 Å². The first-order valence-corrected chi connectivity index (χ1v) is 14.2. The zero-order chi connectivity index (χ0) is 28.1. The number of phenolic OH excluding ortho intramolecular Hbond substituents is 1. The summed E-state index contributed by atoms with van der Waals surface area (Å²) in [5.74, 6) is 1.02. The fraction of sp³-hybridized carbons (Fsp3) is 0.355. The molecule has 9 nitrogen and oxygen atoms in total. The Hall–Kier alpha value is -4.31. The van der Waals surface area contributed by atoms with Crippen LogP contribution >= 0.6 is 0 Å². The minimum absolute atomic E-state index is 0.0449. The van der Waals surface area contributed by atoms with Crippen molar-refractivity contribution in [3.05, 3.63) is 66.6 Å². The third-order valence-electron chi connectivity index (χ3n) is 8.12. The number of aromatic nitrogens is 5. The molecule has 5 aromatic rings. The molecule has 0 saturated carbocycles. The van der Waals surface area contributed by atoms with E-state index in [1.807, 2.05) is 30.5 Å². The Bertz CT molecular complexity index is 1740. The Balaban J connectivity index is 1.31. The summed E-state index contributed by atoms with van der Waals surface area (Å²) in [6.07, 6.45) is 8.18. The average molecular weight is 554 g/mol. The summed E-state index contributed by atoms with van der Waals surface area (Å²) in [4.78, 5) is 20.6. The van der Waals surface area contributed by atoms with Crippen molar-refractivity contribution in [2.75, 3.05) is 24.6 Å². The maximum Gasteiger partial charge on any atom is 0.319 e. The van der Waals surface area contributed by atoms with Gasteiger partial charge < -0.3 is 24.6 Å². The van der Waals surface area contributed by atoms with E-state index in [2.05, 4.69) is 43.6 Å². The van der Waals surface area contributed by atoms with Crippen molar-refractivity contribution in [3.63, 3.8) is 0 Å². The van der Waals surface area contributed by atoms with Crippen LogP contribution in [0.4, 0.5) is 10.2 Å². The largest absolute Gasteiger partial charge is 0.508 e. The number of phenols is 1. The molecule has 2 atom stereocenters. The normalized spacial score (nSPS) is 18.6. The van der Waals surface area contributed by atoms with E-state index in [9.17, 15) is 5.11 Å². The first-order valence-electron chi connectivity index (χ1n) is 14.2.